The molecule has 0 bridgehead atoms. The highest BCUT2D eigenvalue weighted by Crippen LogP contribution is 2.40. The second kappa shape index (κ2) is 4.23. The molecule has 0 aromatic heterocycles. The molecule has 0 spiro atoms. The maximum absolute atomic E-state index is 12.5. The van der Waals surface area contributed by atoms with Crippen LogP contribution in [0.1, 0.15) is 13.3 Å². The minimum absolute atomic E-state index is 0.0548. The molecule has 4 nitrogen and oxygen atoms in total. The van der Waals surface area contributed by atoms with Gasteiger partial charge in [-0.1, -0.05) is 25.1 Å². The van der Waals surface area contributed by atoms with Crippen LogP contribution in [0.5, 0.6) is 5.75 Å². The molecule has 0 unspecified atom stereocenters. The molecule has 3 rings (SSSR count). The van der Waals surface area contributed by atoms with Gasteiger partial charge in [-0.2, -0.15) is 0 Å². The van der Waals surface area contributed by atoms with Crippen molar-refractivity contribution in [2.24, 2.45) is 17.8 Å². The van der Waals surface area contributed by atoms with E-state index >= 15 is 0 Å². The van der Waals surface area contributed by atoms with E-state index in [1.54, 1.807) is 12.1 Å². The Bertz CT molecular complexity index is 579. The van der Waals surface area contributed by atoms with Gasteiger partial charge in [-0.25, -0.2) is 4.90 Å². The van der Waals surface area contributed by atoms with Crippen LogP contribution in [-0.4, -0.2) is 16.9 Å². The SMILES string of the molecule is C[C@H]1C=CC[C@@H]2C(=O)N(c3cccc(O)c3)C(=O)[C@@H]21. The predicted octanol–water partition coefficient (Wildman–Crippen LogP) is 2.09. The van der Waals surface area contributed by atoms with Gasteiger partial charge in [0.25, 0.3) is 0 Å². The zero-order valence-electron chi connectivity index (χ0n) is 10.6. The summed E-state index contributed by atoms with van der Waals surface area (Å²) in [5.74, 6) is -0.694. The van der Waals surface area contributed by atoms with Crippen LogP contribution in [0.2, 0.25) is 0 Å². The lowest BCUT2D eigenvalue weighted by atomic mass is 9.78. The second-order valence-corrected chi connectivity index (χ2v) is 5.19. The number of allylic oxidation sites excluding steroid dienone is 2. The van der Waals surface area contributed by atoms with E-state index in [9.17, 15) is 14.7 Å². The monoisotopic (exact) mass is 257 g/mol. The first-order valence-corrected chi connectivity index (χ1v) is 6.43. The van der Waals surface area contributed by atoms with Crippen LogP contribution >= 0.6 is 0 Å². The first kappa shape index (κ1) is 12.0. The van der Waals surface area contributed by atoms with Gasteiger partial charge in [0.2, 0.25) is 11.8 Å². The van der Waals surface area contributed by atoms with Gasteiger partial charge in [0.1, 0.15) is 5.75 Å². The number of nitrogens with zero attached hydrogens (tertiary/aromatic N) is 1. The lowest BCUT2D eigenvalue weighted by Gasteiger charge is -2.22. The van der Waals surface area contributed by atoms with Crippen LogP contribution in [0.15, 0.2) is 36.4 Å². The Morgan fingerprint density at radius 3 is 2.74 bits per heavy atom. The number of carbonyl (C=O) groups excluding carboxylic acids is 2. The number of phenols is 1. The maximum atomic E-state index is 12.5. The number of imide groups is 1. The Morgan fingerprint density at radius 1 is 1.26 bits per heavy atom. The highest BCUT2D eigenvalue weighted by molar-refractivity contribution is 6.22. The molecule has 0 saturated carbocycles. The quantitative estimate of drug-likeness (QED) is 0.619. The zero-order chi connectivity index (χ0) is 13.6. The number of hydrogen-bond donors (Lipinski definition) is 1. The summed E-state index contributed by atoms with van der Waals surface area (Å²) >= 11 is 0. The summed E-state index contributed by atoms with van der Waals surface area (Å²) in [5, 5.41) is 9.49. The van der Waals surface area contributed by atoms with Crippen LogP contribution in [-0.2, 0) is 9.59 Å². The summed E-state index contributed by atoms with van der Waals surface area (Å²) in [7, 11) is 0. The third-order valence-corrected chi connectivity index (χ3v) is 3.96. The van der Waals surface area contributed by atoms with Crippen molar-refractivity contribution < 1.29 is 14.7 Å². The molecule has 1 heterocycles. The average molecular weight is 257 g/mol. The smallest absolute Gasteiger partial charge is 0.238 e. The van der Waals surface area contributed by atoms with Gasteiger partial charge in [0, 0.05) is 6.07 Å². The van der Waals surface area contributed by atoms with Crippen molar-refractivity contribution in [1.82, 2.24) is 0 Å². The van der Waals surface area contributed by atoms with E-state index in [1.807, 2.05) is 19.1 Å². The third-order valence-electron chi connectivity index (χ3n) is 3.96. The Hall–Kier alpha value is -2.10. The van der Waals surface area contributed by atoms with Gasteiger partial charge in [-0.15, -0.1) is 0 Å². The van der Waals surface area contributed by atoms with Gasteiger partial charge >= 0.3 is 0 Å². The Labute approximate surface area is 111 Å². The van der Waals surface area contributed by atoms with E-state index in [0.717, 1.165) is 0 Å². The van der Waals surface area contributed by atoms with Crippen LogP contribution in [0.3, 0.4) is 0 Å². The van der Waals surface area contributed by atoms with Crippen LogP contribution in [0, 0.1) is 17.8 Å². The number of fused-ring (bicyclic) bond motifs is 1. The van der Waals surface area contributed by atoms with Gasteiger partial charge in [-0.05, 0) is 24.5 Å². The van der Waals surface area contributed by atoms with Crippen LogP contribution in [0.4, 0.5) is 5.69 Å². The molecule has 98 valence electrons. The van der Waals surface area contributed by atoms with E-state index in [1.165, 1.54) is 17.0 Å². The number of benzene rings is 1. The van der Waals surface area contributed by atoms with Crippen molar-refractivity contribution in [1.29, 1.82) is 0 Å². The maximum Gasteiger partial charge on any atom is 0.238 e. The van der Waals surface area contributed by atoms with Gasteiger partial charge in [-0.3, -0.25) is 9.59 Å². The largest absolute Gasteiger partial charge is 0.508 e. The molecule has 2 aliphatic rings. The molecule has 1 aliphatic heterocycles. The number of phenolic OH excluding ortho intramolecular Hbond substituents is 1. The van der Waals surface area contributed by atoms with Crippen molar-refractivity contribution in [2.75, 3.05) is 4.90 Å². The van der Waals surface area contributed by atoms with Crippen molar-refractivity contribution in [3.63, 3.8) is 0 Å². The normalized spacial score (nSPS) is 29.7. The summed E-state index contributed by atoms with van der Waals surface area (Å²) in [4.78, 5) is 26.1. The summed E-state index contributed by atoms with van der Waals surface area (Å²) in [5.41, 5.74) is 0.455. The Balaban J connectivity index is 2.01. The number of hydrogen-bond acceptors (Lipinski definition) is 3. The zero-order valence-corrected chi connectivity index (χ0v) is 10.6. The molecule has 1 fully saturated rings. The van der Waals surface area contributed by atoms with Crippen LogP contribution < -0.4 is 4.90 Å². The number of amides is 2. The van der Waals surface area contributed by atoms with E-state index in [0.29, 0.717) is 12.1 Å². The molecule has 3 atom stereocenters. The fraction of sp³-hybridized carbons (Fsp3) is 0.333. The lowest BCUT2D eigenvalue weighted by Crippen LogP contribution is -2.31. The summed E-state index contributed by atoms with van der Waals surface area (Å²) < 4.78 is 0. The molecule has 4 heteroatoms. The highest BCUT2D eigenvalue weighted by atomic mass is 16.3. The summed E-state index contributed by atoms with van der Waals surface area (Å²) in [6, 6.07) is 6.27. The molecule has 1 saturated heterocycles. The number of rotatable bonds is 1. The topological polar surface area (TPSA) is 57.6 Å². The van der Waals surface area contributed by atoms with Gasteiger partial charge in [0.05, 0.1) is 17.5 Å². The molecule has 1 aliphatic carbocycles. The highest BCUT2D eigenvalue weighted by Gasteiger charge is 2.50. The molecular weight excluding hydrogens is 242 g/mol. The predicted molar refractivity (Wildman–Crippen MR) is 70.5 cm³/mol. The van der Waals surface area contributed by atoms with Crippen molar-refractivity contribution in [3.05, 3.63) is 36.4 Å². The van der Waals surface area contributed by atoms with E-state index < -0.39 is 0 Å². The molecule has 0 radical (unpaired) electrons. The Kier molecular flexibility index (Phi) is 2.66. The van der Waals surface area contributed by atoms with E-state index in [-0.39, 0.29) is 35.3 Å². The van der Waals surface area contributed by atoms with Gasteiger partial charge in [0.15, 0.2) is 0 Å². The minimum Gasteiger partial charge on any atom is -0.508 e. The molecule has 1 N–H and O–H groups in total. The lowest BCUT2D eigenvalue weighted by molar-refractivity contribution is -0.122. The molecule has 1 aromatic carbocycles. The van der Waals surface area contributed by atoms with Crippen LogP contribution in [0.25, 0.3) is 0 Å². The molecule has 19 heavy (non-hydrogen) atoms. The fourth-order valence-electron chi connectivity index (χ4n) is 3.03. The van der Waals surface area contributed by atoms with E-state index in [2.05, 4.69) is 0 Å². The van der Waals surface area contributed by atoms with Gasteiger partial charge < -0.3 is 5.11 Å². The second-order valence-electron chi connectivity index (χ2n) is 5.19. The number of carbonyl (C=O) groups is 2. The minimum atomic E-state index is -0.264. The number of anilines is 1. The summed E-state index contributed by atoms with van der Waals surface area (Å²) in [6.45, 7) is 1.96. The van der Waals surface area contributed by atoms with Crippen molar-refractivity contribution >= 4 is 17.5 Å². The number of aromatic hydroxyl groups is 1. The van der Waals surface area contributed by atoms with E-state index in [4.69, 9.17) is 0 Å². The average Bonchev–Trinajstić information content (AvgIpc) is 2.63. The molecule has 1 aromatic rings. The standard InChI is InChI=1S/C15H15NO3/c1-9-4-2-7-12-13(9)15(19)16(14(12)18)10-5-3-6-11(17)8-10/h2-6,8-9,12-13,17H,7H2,1H3/t9-,12-,13+/m0/s1. The first-order chi connectivity index (χ1) is 9.09. The summed E-state index contributed by atoms with van der Waals surface area (Å²) in [6.07, 6.45) is 4.59. The third kappa shape index (κ3) is 1.75. The van der Waals surface area contributed by atoms with Crippen molar-refractivity contribution in [3.8, 4) is 5.75 Å². The Morgan fingerprint density at radius 2 is 2.05 bits per heavy atom. The fourth-order valence-corrected chi connectivity index (χ4v) is 3.03. The molecule has 2 amide bonds. The first-order valence-electron chi connectivity index (χ1n) is 6.43. The molecular formula is C15H15NO3. The van der Waals surface area contributed by atoms with Crippen molar-refractivity contribution in [2.45, 2.75) is 13.3 Å².